The van der Waals surface area contributed by atoms with E-state index in [1.165, 1.54) is 4.90 Å². The molecule has 1 saturated heterocycles. The highest BCUT2D eigenvalue weighted by Crippen LogP contribution is 2.30. The van der Waals surface area contributed by atoms with Crippen molar-refractivity contribution in [3.05, 3.63) is 23.3 Å². The highest BCUT2D eigenvalue weighted by Gasteiger charge is 2.31. The van der Waals surface area contributed by atoms with Gasteiger partial charge in [0.1, 0.15) is 0 Å². The Bertz CT molecular complexity index is 633. The van der Waals surface area contributed by atoms with E-state index in [4.69, 9.17) is 9.47 Å². The number of hydrogen-bond donors (Lipinski definition) is 1. The van der Waals surface area contributed by atoms with Crippen LogP contribution in [0, 0.1) is 6.92 Å². The second-order valence-corrected chi connectivity index (χ2v) is 5.95. The second-order valence-electron chi connectivity index (χ2n) is 5.95. The molecular weight excluding hydrogens is 310 g/mol. The molecule has 7 nitrogen and oxygen atoms in total. The molecule has 3 amide bonds. The number of ether oxygens (including phenoxy) is 2. The van der Waals surface area contributed by atoms with Crippen molar-refractivity contribution in [1.82, 2.24) is 15.1 Å². The zero-order chi connectivity index (χ0) is 17.9. The van der Waals surface area contributed by atoms with Crippen LogP contribution in [0.25, 0.3) is 0 Å². The zero-order valence-corrected chi connectivity index (χ0v) is 14.9. The normalized spacial score (nSPS) is 15.4. The molecule has 0 aliphatic carbocycles. The molecule has 0 radical (unpaired) electrons. The third-order valence-corrected chi connectivity index (χ3v) is 4.40. The van der Waals surface area contributed by atoms with Crippen LogP contribution in [-0.2, 0) is 11.3 Å². The van der Waals surface area contributed by atoms with Gasteiger partial charge in [-0.1, -0.05) is 0 Å². The van der Waals surface area contributed by atoms with Crippen molar-refractivity contribution >= 4 is 11.9 Å². The molecule has 0 saturated carbocycles. The van der Waals surface area contributed by atoms with Gasteiger partial charge in [-0.25, -0.2) is 4.79 Å². The maximum absolute atomic E-state index is 12.5. The van der Waals surface area contributed by atoms with Crippen LogP contribution < -0.4 is 14.8 Å². The number of aryl methyl sites for hydroxylation is 1. The van der Waals surface area contributed by atoms with Gasteiger partial charge in [0.05, 0.1) is 20.3 Å². The summed E-state index contributed by atoms with van der Waals surface area (Å²) in [6.45, 7) is 5.30. The smallest absolute Gasteiger partial charge is 0.324 e. The fourth-order valence-electron chi connectivity index (χ4n) is 2.69. The van der Waals surface area contributed by atoms with Gasteiger partial charge >= 0.3 is 6.03 Å². The highest BCUT2D eigenvalue weighted by atomic mass is 16.5. The van der Waals surface area contributed by atoms with E-state index in [0.29, 0.717) is 31.1 Å². The Balaban J connectivity index is 2.12. The first-order valence-electron chi connectivity index (χ1n) is 7.90. The van der Waals surface area contributed by atoms with Crippen LogP contribution in [0.2, 0.25) is 0 Å². The number of nitrogens with zero attached hydrogens (tertiary/aromatic N) is 2. The molecule has 1 heterocycles. The van der Waals surface area contributed by atoms with E-state index in [2.05, 4.69) is 5.32 Å². The molecule has 1 aliphatic rings. The van der Waals surface area contributed by atoms with Crippen molar-refractivity contribution in [3.8, 4) is 11.5 Å². The van der Waals surface area contributed by atoms with E-state index < -0.39 is 6.04 Å². The number of amides is 3. The number of hydrogen-bond acceptors (Lipinski definition) is 5. The summed E-state index contributed by atoms with van der Waals surface area (Å²) in [5, 5.41) is 2.65. The van der Waals surface area contributed by atoms with Crippen molar-refractivity contribution in [2.45, 2.75) is 26.4 Å². The molecule has 7 heteroatoms. The minimum Gasteiger partial charge on any atom is -0.493 e. The van der Waals surface area contributed by atoms with Crippen LogP contribution in [0.3, 0.4) is 0 Å². The predicted octanol–water partition coefficient (Wildman–Crippen LogP) is 1.38. The molecule has 1 atom stereocenters. The van der Waals surface area contributed by atoms with Crippen LogP contribution in [0.1, 0.15) is 18.1 Å². The molecule has 1 N–H and O–H groups in total. The van der Waals surface area contributed by atoms with E-state index in [1.54, 1.807) is 14.2 Å². The van der Waals surface area contributed by atoms with Crippen molar-refractivity contribution in [1.29, 1.82) is 0 Å². The molecule has 0 aromatic heterocycles. The maximum atomic E-state index is 12.5. The predicted molar refractivity (Wildman–Crippen MR) is 90.3 cm³/mol. The average Bonchev–Trinajstić information content (AvgIpc) is 3.00. The Kier molecular flexibility index (Phi) is 5.66. The summed E-state index contributed by atoms with van der Waals surface area (Å²) >= 11 is 0. The van der Waals surface area contributed by atoms with Gasteiger partial charge in [0, 0.05) is 19.6 Å². The van der Waals surface area contributed by atoms with Crippen molar-refractivity contribution in [2.75, 3.05) is 34.4 Å². The molecule has 2 rings (SSSR count). The number of carbonyl (C=O) groups excluding carboxylic acids is 2. The van der Waals surface area contributed by atoms with E-state index in [1.807, 2.05) is 37.9 Å². The van der Waals surface area contributed by atoms with Gasteiger partial charge in [-0.05, 0) is 44.2 Å². The zero-order valence-electron chi connectivity index (χ0n) is 14.9. The second kappa shape index (κ2) is 7.53. The van der Waals surface area contributed by atoms with Gasteiger partial charge in [0.15, 0.2) is 11.5 Å². The number of methoxy groups -OCH3 is 2. The minimum absolute atomic E-state index is 0.189. The molecule has 1 aliphatic heterocycles. The first kappa shape index (κ1) is 18.1. The molecule has 1 aromatic carbocycles. The number of carbonyl (C=O) groups is 2. The summed E-state index contributed by atoms with van der Waals surface area (Å²) in [7, 11) is 5.07. The number of benzene rings is 1. The van der Waals surface area contributed by atoms with Gasteiger partial charge in [0.2, 0.25) is 5.91 Å². The fourth-order valence-corrected chi connectivity index (χ4v) is 2.69. The monoisotopic (exact) mass is 335 g/mol. The summed E-state index contributed by atoms with van der Waals surface area (Å²) in [5.41, 5.74) is 2.10. The largest absolute Gasteiger partial charge is 0.493 e. The van der Waals surface area contributed by atoms with Crippen LogP contribution in [0.5, 0.6) is 11.5 Å². The summed E-state index contributed by atoms with van der Waals surface area (Å²) in [6.07, 6.45) is 0. The molecular formula is C17H25N3O4. The maximum Gasteiger partial charge on any atom is 0.324 e. The van der Waals surface area contributed by atoms with Gasteiger partial charge in [-0.15, -0.1) is 0 Å². The quantitative estimate of drug-likeness (QED) is 0.850. The summed E-state index contributed by atoms with van der Waals surface area (Å²) in [5.74, 6) is 1.15. The lowest BCUT2D eigenvalue weighted by atomic mass is 10.1. The lowest BCUT2D eigenvalue weighted by Crippen LogP contribution is -2.46. The van der Waals surface area contributed by atoms with E-state index >= 15 is 0 Å². The lowest BCUT2D eigenvalue weighted by Gasteiger charge is -2.27. The summed E-state index contributed by atoms with van der Waals surface area (Å²) in [6, 6.07) is 3.12. The van der Waals surface area contributed by atoms with Crippen LogP contribution in [-0.4, -0.2) is 62.1 Å². The topological polar surface area (TPSA) is 71.1 Å². The molecule has 1 aromatic rings. The molecule has 0 unspecified atom stereocenters. The highest BCUT2D eigenvalue weighted by molar-refractivity contribution is 5.98. The molecule has 1 fully saturated rings. The first-order valence-corrected chi connectivity index (χ1v) is 7.90. The number of imide groups is 1. The third-order valence-electron chi connectivity index (χ3n) is 4.40. The van der Waals surface area contributed by atoms with Crippen LogP contribution in [0.4, 0.5) is 4.79 Å². The van der Waals surface area contributed by atoms with E-state index in [-0.39, 0.29) is 11.9 Å². The van der Waals surface area contributed by atoms with Gasteiger partial charge in [-0.2, -0.15) is 0 Å². The standard InChI is InChI=1S/C17H25N3O4/c1-11-8-14(23-4)15(24-5)9-13(11)10-19(3)12(2)16(21)20-7-6-18-17(20)22/h8-9,12H,6-7,10H2,1-5H3,(H,18,22)/t12-/m1/s1. The average molecular weight is 335 g/mol. The Hall–Kier alpha value is -2.28. The first-order chi connectivity index (χ1) is 11.4. The number of rotatable bonds is 6. The number of urea groups is 1. The van der Waals surface area contributed by atoms with Gasteiger partial charge in [-0.3, -0.25) is 14.6 Å². The molecule has 0 bridgehead atoms. The Labute approximate surface area is 142 Å². The summed E-state index contributed by atoms with van der Waals surface area (Å²) < 4.78 is 10.6. The van der Waals surface area contributed by atoms with Crippen molar-refractivity contribution in [2.24, 2.45) is 0 Å². The van der Waals surface area contributed by atoms with Crippen LogP contribution in [0.15, 0.2) is 12.1 Å². The van der Waals surface area contributed by atoms with E-state index in [9.17, 15) is 9.59 Å². The number of likely N-dealkylation sites (N-methyl/N-ethyl adjacent to an activating group) is 1. The Morgan fingerprint density at radius 2 is 1.96 bits per heavy atom. The SMILES string of the molecule is COc1cc(C)c(CN(C)[C@H](C)C(=O)N2CCNC2=O)cc1OC. The number of nitrogens with one attached hydrogen (secondary N) is 1. The van der Waals surface area contributed by atoms with Crippen molar-refractivity contribution < 1.29 is 19.1 Å². The van der Waals surface area contributed by atoms with Gasteiger partial charge in [0.25, 0.3) is 0 Å². The third kappa shape index (κ3) is 3.62. The Morgan fingerprint density at radius 3 is 2.50 bits per heavy atom. The van der Waals surface area contributed by atoms with Crippen LogP contribution >= 0.6 is 0 Å². The Morgan fingerprint density at radius 1 is 1.33 bits per heavy atom. The summed E-state index contributed by atoms with van der Waals surface area (Å²) in [4.78, 5) is 27.3. The van der Waals surface area contributed by atoms with E-state index in [0.717, 1.165) is 11.1 Å². The van der Waals surface area contributed by atoms with Crippen molar-refractivity contribution in [3.63, 3.8) is 0 Å². The minimum atomic E-state index is -0.402. The fraction of sp³-hybridized carbons (Fsp3) is 0.529. The molecule has 132 valence electrons. The van der Waals surface area contributed by atoms with Gasteiger partial charge < -0.3 is 14.8 Å². The molecule has 0 spiro atoms. The molecule has 24 heavy (non-hydrogen) atoms. The lowest BCUT2D eigenvalue weighted by molar-refractivity contribution is -0.132.